The lowest BCUT2D eigenvalue weighted by molar-refractivity contribution is -0.134. The fraction of sp³-hybridized carbons (Fsp3) is 0.241. The molecule has 1 N–H and O–H groups in total. The van der Waals surface area contributed by atoms with Crippen LogP contribution in [-0.4, -0.2) is 79.2 Å². The monoisotopic (exact) mass is 606 g/mol. The van der Waals surface area contributed by atoms with Crippen molar-refractivity contribution in [3.05, 3.63) is 71.8 Å². The van der Waals surface area contributed by atoms with E-state index in [9.17, 15) is 9.59 Å². The molecule has 1 unspecified atom stereocenters. The summed E-state index contributed by atoms with van der Waals surface area (Å²) in [6.07, 6.45) is 0. The Labute approximate surface area is 252 Å². The summed E-state index contributed by atoms with van der Waals surface area (Å²) < 4.78 is 32.6. The Morgan fingerprint density at radius 2 is 1.14 bits per heavy atom. The molecule has 0 aliphatic rings. The molecule has 0 radical (unpaired) electrons. The van der Waals surface area contributed by atoms with Crippen molar-refractivity contribution in [2.24, 2.45) is 0 Å². The van der Waals surface area contributed by atoms with Crippen LogP contribution < -0.4 is 33.9 Å². The minimum atomic E-state index is -1.02. The van der Waals surface area contributed by atoms with Gasteiger partial charge in [-0.1, -0.05) is 36.4 Å². The molecule has 4 aromatic rings. The second-order valence-corrected chi connectivity index (χ2v) is 8.89. The maximum atomic E-state index is 13.7. The first-order chi connectivity index (χ1) is 21.3. The van der Waals surface area contributed by atoms with Crippen LogP contribution in [-0.2, 0) is 9.63 Å². The number of carbonyl (C=O) groups excluding carboxylic acids is 2. The van der Waals surface area contributed by atoms with Crippen molar-refractivity contribution in [1.82, 2.24) is 30.3 Å². The number of methoxy groups -OCH3 is 4. The number of benzene rings is 2. The summed E-state index contributed by atoms with van der Waals surface area (Å²) in [6, 6.07) is 14.7. The Kier molecular flexibility index (Phi) is 10.3. The van der Waals surface area contributed by atoms with Crippen LogP contribution in [0.15, 0.2) is 60.7 Å². The van der Waals surface area contributed by atoms with Crippen LogP contribution in [0.5, 0.6) is 47.0 Å². The third-order valence-corrected chi connectivity index (χ3v) is 5.84. The van der Waals surface area contributed by atoms with Crippen molar-refractivity contribution in [1.29, 1.82) is 0 Å². The lowest BCUT2D eigenvalue weighted by Gasteiger charge is -2.22. The van der Waals surface area contributed by atoms with E-state index in [2.05, 4.69) is 25.4 Å². The maximum absolute atomic E-state index is 13.7. The number of ether oxygens (including phenoxy) is 6. The zero-order chi connectivity index (χ0) is 31.6. The van der Waals surface area contributed by atoms with Gasteiger partial charge >= 0.3 is 18.0 Å². The fourth-order valence-electron chi connectivity index (χ4n) is 3.68. The Hall–Kier alpha value is -5.70. The summed E-state index contributed by atoms with van der Waals surface area (Å²) in [5.41, 5.74) is 2.92. The molecular formula is C29H30N6O9. The highest BCUT2D eigenvalue weighted by molar-refractivity contribution is 5.96. The van der Waals surface area contributed by atoms with E-state index in [-0.39, 0.29) is 58.5 Å². The molecule has 2 aromatic carbocycles. The molecular weight excluding hydrogens is 576 g/mol. The molecule has 0 fully saturated rings. The van der Waals surface area contributed by atoms with Crippen LogP contribution in [0.3, 0.4) is 0 Å². The van der Waals surface area contributed by atoms with Crippen LogP contribution in [0.25, 0.3) is 0 Å². The number of rotatable bonds is 13. The van der Waals surface area contributed by atoms with Crippen molar-refractivity contribution < 1.29 is 42.8 Å². The van der Waals surface area contributed by atoms with Crippen LogP contribution in [0.1, 0.15) is 22.0 Å². The van der Waals surface area contributed by atoms with Gasteiger partial charge in [0.1, 0.15) is 23.1 Å². The van der Waals surface area contributed by atoms with Crippen molar-refractivity contribution in [3.8, 4) is 47.0 Å². The van der Waals surface area contributed by atoms with E-state index in [4.69, 9.17) is 33.3 Å². The highest BCUT2D eigenvalue weighted by Crippen LogP contribution is 2.35. The topological polar surface area (TPSA) is 166 Å². The molecule has 1 amide bonds. The van der Waals surface area contributed by atoms with E-state index in [1.807, 2.05) is 0 Å². The lowest BCUT2D eigenvalue weighted by atomic mass is 10.1. The van der Waals surface area contributed by atoms with E-state index < -0.39 is 12.0 Å². The number of likely N-dealkylation sites (N-methyl/N-ethyl adjacent to an activating group) is 1. The van der Waals surface area contributed by atoms with Gasteiger partial charge in [-0.2, -0.15) is 19.9 Å². The van der Waals surface area contributed by atoms with Gasteiger partial charge < -0.3 is 38.2 Å². The molecule has 0 aliphatic carbocycles. The number of nitrogens with zero attached hydrogens (tertiary/aromatic N) is 5. The molecule has 230 valence electrons. The average Bonchev–Trinajstić information content (AvgIpc) is 3.04. The number of nitrogens with one attached hydrogen (secondary N) is 1. The van der Waals surface area contributed by atoms with E-state index in [1.165, 1.54) is 57.6 Å². The van der Waals surface area contributed by atoms with Crippen molar-refractivity contribution in [2.75, 3.05) is 42.5 Å². The SMILES string of the molecule is COc1cc(OC)nc(Oc2cccc(Oc3nc(OC)cc(OC)n3)c2C(=O)ONC(C(=O)N(C)C)c2ccccc2)n1. The summed E-state index contributed by atoms with van der Waals surface area (Å²) in [5.74, 6) is -0.898. The van der Waals surface area contributed by atoms with Gasteiger partial charge in [0.25, 0.3) is 0 Å². The highest BCUT2D eigenvalue weighted by atomic mass is 16.7. The molecule has 0 bridgehead atoms. The van der Waals surface area contributed by atoms with Gasteiger partial charge in [0.05, 0.1) is 40.6 Å². The van der Waals surface area contributed by atoms with Crippen molar-refractivity contribution in [2.45, 2.75) is 6.04 Å². The minimum absolute atomic E-state index is 0.0744. The summed E-state index contributed by atoms with van der Waals surface area (Å²) in [6.45, 7) is 0. The Balaban J connectivity index is 1.74. The minimum Gasteiger partial charge on any atom is -0.481 e. The molecule has 2 heterocycles. The molecule has 15 heteroatoms. The second kappa shape index (κ2) is 14.5. The highest BCUT2D eigenvalue weighted by Gasteiger charge is 2.28. The fourth-order valence-corrected chi connectivity index (χ4v) is 3.68. The molecule has 0 aliphatic heterocycles. The Bertz CT molecular complexity index is 1480. The van der Waals surface area contributed by atoms with Crippen molar-refractivity contribution in [3.63, 3.8) is 0 Å². The predicted octanol–water partition coefficient (Wildman–Crippen LogP) is 3.38. The number of aromatic nitrogens is 4. The first-order valence-corrected chi connectivity index (χ1v) is 12.9. The number of hydroxylamine groups is 1. The Morgan fingerprint density at radius 3 is 1.55 bits per heavy atom. The molecule has 0 saturated heterocycles. The van der Waals surface area contributed by atoms with E-state index >= 15 is 0 Å². The van der Waals surface area contributed by atoms with Crippen LogP contribution in [0.4, 0.5) is 0 Å². The molecule has 2 aromatic heterocycles. The molecule has 0 saturated carbocycles. The normalized spacial score (nSPS) is 11.1. The third kappa shape index (κ3) is 7.57. The van der Waals surface area contributed by atoms with Gasteiger partial charge in [-0.3, -0.25) is 4.79 Å². The zero-order valence-electron chi connectivity index (χ0n) is 24.8. The molecule has 15 nitrogen and oxygen atoms in total. The van der Waals surface area contributed by atoms with Gasteiger partial charge in [-0.15, -0.1) is 5.48 Å². The summed E-state index contributed by atoms with van der Waals surface area (Å²) >= 11 is 0. The lowest BCUT2D eigenvalue weighted by Crippen LogP contribution is -2.38. The second-order valence-electron chi connectivity index (χ2n) is 8.89. The summed E-state index contributed by atoms with van der Waals surface area (Å²) in [4.78, 5) is 50.2. The van der Waals surface area contributed by atoms with Crippen molar-refractivity contribution >= 4 is 11.9 Å². The molecule has 1 atom stereocenters. The largest absolute Gasteiger partial charge is 0.481 e. The van der Waals surface area contributed by atoms with Gasteiger partial charge in [0, 0.05) is 14.1 Å². The van der Waals surface area contributed by atoms with E-state index in [1.54, 1.807) is 50.5 Å². The standard InChI is InChI=1S/C29H30N6O9/c1-35(2)26(36)25(17-11-8-7-9-12-17)34-44-27(37)24-18(42-28-30-20(38-3)15-21(31-28)39-4)13-10-14-19(24)43-29-32-22(40-5)16-23(33-29)41-6/h7-16,25,34H,1-6H3. The predicted molar refractivity (Wildman–Crippen MR) is 153 cm³/mol. The smallest absolute Gasteiger partial charge is 0.364 e. The summed E-state index contributed by atoms with van der Waals surface area (Å²) in [5, 5.41) is 0. The Morgan fingerprint density at radius 1 is 0.682 bits per heavy atom. The molecule has 4 rings (SSSR count). The number of amides is 1. The maximum Gasteiger partial charge on any atom is 0.364 e. The third-order valence-electron chi connectivity index (χ3n) is 5.84. The van der Waals surface area contributed by atoms with Gasteiger partial charge in [-0.05, 0) is 17.7 Å². The van der Waals surface area contributed by atoms with Crippen LogP contribution >= 0.6 is 0 Å². The van der Waals surface area contributed by atoms with Gasteiger partial charge in [-0.25, -0.2) is 4.79 Å². The van der Waals surface area contributed by atoms with Gasteiger partial charge in [0.2, 0.25) is 29.4 Å². The number of hydrogen-bond acceptors (Lipinski definition) is 14. The van der Waals surface area contributed by atoms with Crippen LogP contribution in [0, 0.1) is 0 Å². The quantitative estimate of drug-likeness (QED) is 0.220. The molecule has 0 spiro atoms. The van der Waals surface area contributed by atoms with E-state index in [0.717, 1.165) is 0 Å². The van der Waals surface area contributed by atoms with Crippen LogP contribution in [0.2, 0.25) is 0 Å². The summed E-state index contributed by atoms with van der Waals surface area (Å²) in [7, 11) is 8.82. The molecule has 44 heavy (non-hydrogen) atoms. The zero-order valence-corrected chi connectivity index (χ0v) is 24.8. The average molecular weight is 607 g/mol. The van der Waals surface area contributed by atoms with Gasteiger partial charge in [0.15, 0.2) is 0 Å². The number of carbonyl (C=O) groups is 2. The number of hydrogen-bond donors (Lipinski definition) is 1. The first-order valence-electron chi connectivity index (χ1n) is 12.9. The first kappa shape index (κ1) is 31.2. The van der Waals surface area contributed by atoms with E-state index in [0.29, 0.717) is 5.56 Å².